The normalized spacial score (nSPS) is 11.1. The summed E-state index contributed by atoms with van der Waals surface area (Å²) in [4.78, 5) is 4.54. The molecule has 0 aliphatic carbocycles. The third-order valence-corrected chi connectivity index (χ3v) is 4.54. The molecule has 0 saturated carbocycles. The monoisotopic (exact) mass is 263 g/mol. The molecule has 0 radical (unpaired) electrons. The highest BCUT2D eigenvalue weighted by molar-refractivity contribution is 8.00. The average molecular weight is 263 g/mol. The van der Waals surface area contributed by atoms with Crippen LogP contribution in [0.3, 0.4) is 0 Å². The number of hydrogen-bond acceptors (Lipinski definition) is 6. The van der Waals surface area contributed by atoms with Gasteiger partial charge in [-0.2, -0.15) is 0 Å². The van der Waals surface area contributed by atoms with E-state index in [1.54, 1.807) is 23.1 Å². The molecule has 0 aliphatic heterocycles. The molecule has 0 amide bonds. The van der Waals surface area contributed by atoms with Gasteiger partial charge < -0.3 is 0 Å². The van der Waals surface area contributed by atoms with Gasteiger partial charge in [-0.15, -0.1) is 11.3 Å². The highest BCUT2D eigenvalue weighted by atomic mass is 32.2. The van der Waals surface area contributed by atoms with Gasteiger partial charge in [-0.25, -0.2) is 9.61 Å². The first-order chi connectivity index (χ1) is 8.33. The first kappa shape index (κ1) is 10.7. The Morgan fingerprint density at radius 1 is 1.29 bits per heavy atom. The quantitative estimate of drug-likeness (QED) is 0.679. The second-order valence-corrected chi connectivity index (χ2v) is 5.79. The smallest absolute Gasteiger partial charge is 0.151 e. The standard InChI is InChI=1S/C11H9N3OS2/c1-7-9(14-15-13-7)6-16-11-12-8-4-2-3-5-10(8)17-11/h2-5H,6H2,1H3. The summed E-state index contributed by atoms with van der Waals surface area (Å²) in [6.45, 7) is 1.89. The van der Waals surface area contributed by atoms with Gasteiger partial charge in [0.25, 0.3) is 0 Å². The van der Waals surface area contributed by atoms with Crippen molar-refractivity contribution >= 4 is 33.3 Å². The van der Waals surface area contributed by atoms with Crippen molar-refractivity contribution in [3.63, 3.8) is 0 Å². The molecule has 17 heavy (non-hydrogen) atoms. The second kappa shape index (κ2) is 4.46. The molecule has 2 heterocycles. The number of thiazole rings is 1. The van der Waals surface area contributed by atoms with Crippen molar-refractivity contribution in [3.05, 3.63) is 35.7 Å². The molecule has 3 rings (SSSR count). The Balaban J connectivity index is 1.79. The van der Waals surface area contributed by atoms with Crippen LogP contribution in [0.2, 0.25) is 0 Å². The Kier molecular flexibility index (Phi) is 2.82. The van der Waals surface area contributed by atoms with Crippen LogP contribution in [0.5, 0.6) is 0 Å². The molecule has 1 aromatic carbocycles. The number of benzene rings is 1. The molecule has 0 spiro atoms. The Morgan fingerprint density at radius 2 is 2.18 bits per heavy atom. The van der Waals surface area contributed by atoms with Crippen LogP contribution in [-0.2, 0) is 5.75 Å². The van der Waals surface area contributed by atoms with Gasteiger partial charge in [0.15, 0.2) is 4.34 Å². The molecule has 0 atom stereocenters. The molecule has 6 heteroatoms. The molecular weight excluding hydrogens is 254 g/mol. The number of rotatable bonds is 3. The van der Waals surface area contributed by atoms with Gasteiger partial charge in [0.05, 0.1) is 10.2 Å². The lowest BCUT2D eigenvalue weighted by Gasteiger charge is -1.92. The lowest BCUT2D eigenvalue weighted by atomic mass is 10.3. The summed E-state index contributed by atoms with van der Waals surface area (Å²) in [6, 6.07) is 8.14. The maximum absolute atomic E-state index is 4.66. The summed E-state index contributed by atoms with van der Waals surface area (Å²) >= 11 is 3.36. The second-order valence-electron chi connectivity index (χ2n) is 3.53. The summed E-state index contributed by atoms with van der Waals surface area (Å²) in [5.74, 6) is 0.745. The first-order valence-electron chi connectivity index (χ1n) is 5.09. The van der Waals surface area contributed by atoms with Crippen LogP contribution in [0.1, 0.15) is 11.4 Å². The Hall–Kier alpha value is -1.40. The van der Waals surface area contributed by atoms with Gasteiger partial charge in [-0.1, -0.05) is 34.2 Å². The topological polar surface area (TPSA) is 51.8 Å². The third kappa shape index (κ3) is 2.18. The fourth-order valence-electron chi connectivity index (χ4n) is 1.42. The zero-order valence-electron chi connectivity index (χ0n) is 9.08. The summed E-state index contributed by atoms with van der Waals surface area (Å²) in [7, 11) is 0. The Morgan fingerprint density at radius 3 is 2.94 bits per heavy atom. The minimum absolute atomic E-state index is 0.745. The van der Waals surface area contributed by atoms with Gasteiger partial charge in [-0.3, -0.25) is 0 Å². The van der Waals surface area contributed by atoms with Crippen molar-refractivity contribution in [2.75, 3.05) is 0 Å². The summed E-state index contributed by atoms with van der Waals surface area (Å²) in [5.41, 5.74) is 2.78. The van der Waals surface area contributed by atoms with Crippen molar-refractivity contribution in [1.29, 1.82) is 0 Å². The van der Waals surface area contributed by atoms with Crippen molar-refractivity contribution in [2.24, 2.45) is 0 Å². The number of fused-ring (bicyclic) bond motifs is 1. The van der Waals surface area contributed by atoms with Crippen LogP contribution >= 0.6 is 23.1 Å². The van der Waals surface area contributed by atoms with Crippen molar-refractivity contribution in [1.82, 2.24) is 15.3 Å². The van der Waals surface area contributed by atoms with Crippen molar-refractivity contribution in [3.8, 4) is 0 Å². The molecule has 0 N–H and O–H groups in total. The predicted molar refractivity (Wildman–Crippen MR) is 68.2 cm³/mol. The van der Waals surface area contributed by atoms with Gasteiger partial charge in [0, 0.05) is 5.75 Å². The van der Waals surface area contributed by atoms with Gasteiger partial charge in [-0.05, 0) is 19.1 Å². The fourth-order valence-corrected chi connectivity index (χ4v) is 3.49. The van der Waals surface area contributed by atoms with E-state index in [1.807, 2.05) is 25.1 Å². The maximum atomic E-state index is 4.66. The van der Waals surface area contributed by atoms with Crippen LogP contribution in [0.25, 0.3) is 10.2 Å². The third-order valence-electron chi connectivity index (χ3n) is 2.35. The molecule has 86 valence electrons. The van der Waals surface area contributed by atoms with Gasteiger partial charge in [0.2, 0.25) is 0 Å². The van der Waals surface area contributed by atoms with E-state index in [2.05, 4.69) is 26.0 Å². The molecule has 3 aromatic rings. The van der Waals surface area contributed by atoms with Crippen molar-refractivity contribution < 1.29 is 4.63 Å². The number of para-hydroxylation sites is 1. The number of aromatic nitrogens is 3. The van der Waals surface area contributed by atoms with E-state index in [4.69, 9.17) is 0 Å². The first-order valence-corrected chi connectivity index (χ1v) is 6.89. The highest BCUT2D eigenvalue weighted by Crippen LogP contribution is 2.31. The van der Waals surface area contributed by atoms with Crippen molar-refractivity contribution in [2.45, 2.75) is 17.0 Å². The molecule has 0 bridgehead atoms. The van der Waals surface area contributed by atoms with Gasteiger partial charge in [0.1, 0.15) is 11.4 Å². The van der Waals surface area contributed by atoms with E-state index < -0.39 is 0 Å². The molecule has 4 nitrogen and oxygen atoms in total. The highest BCUT2D eigenvalue weighted by Gasteiger charge is 2.08. The van der Waals surface area contributed by atoms with Crippen LogP contribution in [0.4, 0.5) is 0 Å². The maximum Gasteiger partial charge on any atom is 0.151 e. The van der Waals surface area contributed by atoms with Crippen LogP contribution in [0, 0.1) is 6.92 Å². The van der Waals surface area contributed by atoms with Crippen LogP contribution < -0.4 is 0 Å². The SMILES string of the molecule is Cc1nonc1CSc1nc2ccccc2s1. The van der Waals surface area contributed by atoms with E-state index in [-0.39, 0.29) is 0 Å². The molecule has 0 unspecified atom stereocenters. The average Bonchev–Trinajstić information content (AvgIpc) is 2.92. The molecular formula is C11H9N3OS2. The fraction of sp³-hybridized carbons (Fsp3) is 0.182. The number of aryl methyl sites for hydroxylation is 1. The van der Waals surface area contributed by atoms with Crippen LogP contribution in [-0.4, -0.2) is 15.3 Å². The number of nitrogens with zero attached hydrogens (tertiary/aromatic N) is 3. The summed E-state index contributed by atoms with van der Waals surface area (Å²) in [6.07, 6.45) is 0. The molecule has 2 aromatic heterocycles. The Labute approximate surface area is 106 Å². The largest absolute Gasteiger partial charge is 0.244 e. The molecule has 0 aliphatic rings. The number of hydrogen-bond donors (Lipinski definition) is 0. The zero-order chi connectivity index (χ0) is 11.7. The van der Waals surface area contributed by atoms with E-state index in [1.165, 1.54) is 4.70 Å². The minimum Gasteiger partial charge on any atom is -0.244 e. The lowest BCUT2D eigenvalue weighted by molar-refractivity contribution is 0.302. The zero-order valence-corrected chi connectivity index (χ0v) is 10.7. The summed E-state index contributed by atoms with van der Waals surface area (Å²) < 4.78 is 6.92. The van der Waals surface area contributed by atoms with Crippen LogP contribution in [0.15, 0.2) is 33.2 Å². The minimum atomic E-state index is 0.745. The van der Waals surface area contributed by atoms with E-state index in [0.29, 0.717) is 0 Å². The molecule has 0 fully saturated rings. The Bertz CT molecular complexity index is 614. The summed E-state index contributed by atoms with van der Waals surface area (Å²) in [5, 5.41) is 7.61. The van der Waals surface area contributed by atoms with E-state index in [9.17, 15) is 0 Å². The lowest BCUT2D eigenvalue weighted by Crippen LogP contribution is -1.83. The predicted octanol–water partition coefficient (Wildman–Crippen LogP) is 3.28. The number of thioether (sulfide) groups is 1. The van der Waals surface area contributed by atoms with Gasteiger partial charge >= 0.3 is 0 Å². The van der Waals surface area contributed by atoms with E-state index in [0.717, 1.165) is 27.0 Å². The molecule has 0 saturated heterocycles. The van der Waals surface area contributed by atoms with E-state index >= 15 is 0 Å².